The maximum absolute atomic E-state index is 12.1. The Bertz CT molecular complexity index is 864. The molecule has 0 bridgehead atoms. The number of carbonyl (C=O) groups excluding carboxylic acids is 1. The van der Waals surface area contributed by atoms with Gasteiger partial charge in [-0.15, -0.1) is 0 Å². The largest absolute Gasteiger partial charge is 0.465 e. The molecule has 1 aromatic carbocycles. The van der Waals surface area contributed by atoms with Gasteiger partial charge in [-0.05, 0) is 48.7 Å². The number of aromatic nitrogens is 1. The van der Waals surface area contributed by atoms with Crippen molar-refractivity contribution in [1.82, 2.24) is 10.3 Å². The number of benzene rings is 1. The van der Waals surface area contributed by atoms with E-state index < -0.39 is 6.09 Å². The second-order valence-electron chi connectivity index (χ2n) is 7.05. The summed E-state index contributed by atoms with van der Waals surface area (Å²) in [6.45, 7) is 3.46. The topological polar surface area (TPSA) is 85.8 Å². The number of carbonyl (C=O) groups is 2. The summed E-state index contributed by atoms with van der Waals surface area (Å²) in [6.07, 6.45) is 1.25. The van der Waals surface area contributed by atoms with Gasteiger partial charge in [0, 0.05) is 44.5 Å². The molecule has 2 atom stereocenters. The van der Waals surface area contributed by atoms with E-state index in [1.165, 1.54) is 6.92 Å². The van der Waals surface area contributed by atoms with E-state index in [-0.39, 0.29) is 18.0 Å². The molecular formula is C20H24N4O3. The molecule has 2 heterocycles. The highest BCUT2D eigenvalue weighted by atomic mass is 16.4. The first-order valence-electron chi connectivity index (χ1n) is 8.85. The molecule has 0 radical (unpaired) electrons. The number of carboxylic acid groups (broad SMARTS) is 1. The van der Waals surface area contributed by atoms with Gasteiger partial charge in [0.05, 0.1) is 6.04 Å². The Balaban J connectivity index is 2.05. The number of nitrogens with one attached hydrogen (secondary N) is 1. The van der Waals surface area contributed by atoms with Crippen molar-refractivity contribution in [3.05, 3.63) is 42.1 Å². The Morgan fingerprint density at radius 2 is 1.93 bits per heavy atom. The van der Waals surface area contributed by atoms with E-state index in [2.05, 4.69) is 10.3 Å². The summed E-state index contributed by atoms with van der Waals surface area (Å²) >= 11 is 0. The third kappa shape index (κ3) is 3.72. The van der Waals surface area contributed by atoms with Gasteiger partial charge in [0.15, 0.2) is 0 Å². The van der Waals surface area contributed by atoms with Crippen molar-refractivity contribution >= 4 is 23.5 Å². The second kappa shape index (κ2) is 7.26. The molecule has 7 nitrogen and oxygen atoms in total. The number of rotatable bonds is 3. The summed E-state index contributed by atoms with van der Waals surface area (Å²) in [4.78, 5) is 31.5. The van der Waals surface area contributed by atoms with Crippen molar-refractivity contribution < 1.29 is 14.7 Å². The molecule has 2 N–H and O–H groups in total. The Hall–Kier alpha value is -3.09. The van der Waals surface area contributed by atoms with Crippen LogP contribution in [0, 0.1) is 0 Å². The van der Waals surface area contributed by atoms with Crippen LogP contribution in [0.1, 0.15) is 31.9 Å². The smallest absolute Gasteiger partial charge is 0.405 e. The lowest BCUT2D eigenvalue weighted by atomic mass is 9.89. The molecule has 1 aliphatic rings. The van der Waals surface area contributed by atoms with E-state index in [1.54, 1.807) is 11.1 Å². The van der Waals surface area contributed by atoms with Gasteiger partial charge in [0.1, 0.15) is 5.82 Å². The highest BCUT2D eigenvalue weighted by Crippen LogP contribution is 2.39. The molecule has 7 heteroatoms. The number of pyridine rings is 1. The average Bonchev–Trinajstić information content (AvgIpc) is 2.60. The van der Waals surface area contributed by atoms with Gasteiger partial charge in [-0.25, -0.2) is 9.78 Å². The Morgan fingerprint density at radius 3 is 2.48 bits per heavy atom. The predicted octanol–water partition coefficient (Wildman–Crippen LogP) is 3.27. The van der Waals surface area contributed by atoms with Gasteiger partial charge in [-0.3, -0.25) is 4.79 Å². The fourth-order valence-corrected chi connectivity index (χ4v) is 3.63. The maximum atomic E-state index is 12.1. The molecule has 3 rings (SSSR count). The van der Waals surface area contributed by atoms with E-state index in [0.29, 0.717) is 6.42 Å². The number of hydrogen-bond donors (Lipinski definition) is 2. The zero-order valence-electron chi connectivity index (χ0n) is 15.9. The molecule has 27 heavy (non-hydrogen) atoms. The lowest BCUT2D eigenvalue weighted by molar-refractivity contribution is -0.117. The molecule has 0 fully saturated rings. The van der Waals surface area contributed by atoms with Crippen LogP contribution in [-0.4, -0.2) is 42.2 Å². The summed E-state index contributed by atoms with van der Waals surface area (Å²) in [5.74, 6) is 0.806. The molecular weight excluding hydrogens is 344 g/mol. The first-order valence-corrected chi connectivity index (χ1v) is 8.85. The lowest BCUT2D eigenvalue weighted by Crippen LogP contribution is -2.45. The van der Waals surface area contributed by atoms with E-state index in [4.69, 9.17) is 0 Å². The van der Waals surface area contributed by atoms with Crippen molar-refractivity contribution in [1.29, 1.82) is 0 Å². The molecule has 2 aromatic rings. The first kappa shape index (κ1) is 18.7. The highest BCUT2D eigenvalue weighted by molar-refractivity contribution is 5.94. The quantitative estimate of drug-likeness (QED) is 0.868. The minimum atomic E-state index is -1.07. The second-order valence-corrected chi connectivity index (χ2v) is 7.05. The van der Waals surface area contributed by atoms with Crippen LogP contribution in [0.5, 0.6) is 0 Å². The Morgan fingerprint density at radius 1 is 1.22 bits per heavy atom. The fraction of sp³-hybridized carbons (Fsp3) is 0.350. The molecule has 0 saturated carbocycles. The van der Waals surface area contributed by atoms with Crippen LogP contribution in [0.3, 0.4) is 0 Å². The van der Waals surface area contributed by atoms with Gasteiger partial charge in [0.25, 0.3) is 0 Å². The number of anilines is 2. The van der Waals surface area contributed by atoms with Crippen LogP contribution < -0.4 is 15.1 Å². The molecule has 0 saturated heterocycles. The maximum Gasteiger partial charge on any atom is 0.405 e. The Kier molecular flexibility index (Phi) is 5.03. The third-order valence-electron chi connectivity index (χ3n) is 4.86. The van der Waals surface area contributed by atoms with Crippen LogP contribution in [-0.2, 0) is 4.79 Å². The van der Waals surface area contributed by atoms with Crippen LogP contribution in [0.25, 0.3) is 11.1 Å². The van der Waals surface area contributed by atoms with Crippen LogP contribution in [0.4, 0.5) is 16.3 Å². The molecule has 1 aliphatic heterocycles. The van der Waals surface area contributed by atoms with Crippen molar-refractivity contribution in [3.63, 3.8) is 0 Å². The van der Waals surface area contributed by atoms with Crippen molar-refractivity contribution in [2.24, 2.45) is 0 Å². The summed E-state index contributed by atoms with van der Waals surface area (Å²) < 4.78 is 0. The van der Waals surface area contributed by atoms with Gasteiger partial charge in [-0.2, -0.15) is 0 Å². The number of hydrogen-bond acceptors (Lipinski definition) is 4. The van der Waals surface area contributed by atoms with Crippen LogP contribution in [0.2, 0.25) is 0 Å². The van der Waals surface area contributed by atoms with Crippen LogP contribution >= 0.6 is 0 Å². The van der Waals surface area contributed by atoms with Crippen LogP contribution in [0.15, 0.2) is 36.5 Å². The lowest BCUT2D eigenvalue weighted by Gasteiger charge is -2.39. The van der Waals surface area contributed by atoms with Gasteiger partial charge in [-0.1, -0.05) is 6.07 Å². The zero-order valence-corrected chi connectivity index (χ0v) is 15.9. The van der Waals surface area contributed by atoms with E-state index in [0.717, 1.165) is 28.2 Å². The molecule has 142 valence electrons. The van der Waals surface area contributed by atoms with E-state index >= 15 is 0 Å². The summed E-state index contributed by atoms with van der Waals surface area (Å²) in [6, 6.07) is 9.25. The standard InChI is InChI=1S/C20H24N4O3/c1-12-9-17(22-20(26)27)16-10-14(5-7-18(16)24(12)13(2)25)15-6-8-19(21-11-15)23(3)4/h5-8,10-12,17,22H,9H2,1-4H3,(H,26,27)/t12-,17+/m0/s1. The van der Waals surface area contributed by atoms with Crippen molar-refractivity contribution in [2.75, 3.05) is 23.9 Å². The minimum Gasteiger partial charge on any atom is -0.465 e. The summed E-state index contributed by atoms with van der Waals surface area (Å²) in [5.41, 5.74) is 3.42. The van der Waals surface area contributed by atoms with Gasteiger partial charge < -0.3 is 20.2 Å². The van der Waals surface area contributed by atoms with E-state index in [9.17, 15) is 14.7 Å². The molecule has 0 aliphatic carbocycles. The molecule has 0 unspecified atom stereocenters. The minimum absolute atomic E-state index is 0.0534. The normalized spacial score (nSPS) is 18.6. The number of nitrogens with zero attached hydrogens (tertiary/aromatic N) is 3. The number of fused-ring (bicyclic) bond motifs is 1. The van der Waals surface area contributed by atoms with Gasteiger partial charge >= 0.3 is 6.09 Å². The molecule has 1 aromatic heterocycles. The monoisotopic (exact) mass is 368 g/mol. The Labute approximate surface area is 158 Å². The highest BCUT2D eigenvalue weighted by Gasteiger charge is 2.33. The molecule has 0 spiro atoms. The average molecular weight is 368 g/mol. The molecule has 2 amide bonds. The van der Waals surface area contributed by atoms with Crippen molar-refractivity contribution in [2.45, 2.75) is 32.4 Å². The summed E-state index contributed by atoms with van der Waals surface area (Å²) in [5, 5.41) is 11.8. The third-order valence-corrected chi connectivity index (χ3v) is 4.86. The first-order chi connectivity index (χ1) is 12.8. The van der Waals surface area contributed by atoms with E-state index in [1.807, 2.05) is 56.3 Å². The fourth-order valence-electron chi connectivity index (χ4n) is 3.63. The van der Waals surface area contributed by atoms with Gasteiger partial charge in [0.2, 0.25) is 5.91 Å². The SMILES string of the molecule is CC(=O)N1c2ccc(-c3ccc(N(C)C)nc3)cc2[C@H](NC(=O)O)C[C@@H]1C. The predicted molar refractivity (Wildman–Crippen MR) is 105 cm³/mol. The van der Waals surface area contributed by atoms with Crippen molar-refractivity contribution in [3.8, 4) is 11.1 Å². The zero-order chi connectivity index (χ0) is 19.7. The summed E-state index contributed by atoms with van der Waals surface area (Å²) in [7, 11) is 3.86. The number of amides is 2.